The molecule has 168 valence electrons. The Morgan fingerprint density at radius 2 is 2.09 bits per heavy atom. The molecule has 1 aromatic heterocycles. The number of carbonyl (C=O) groups is 3. The third kappa shape index (κ3) is 5.96. The molecule has 0 spiro atoms. The molecule has 2 amide bonds. The number of nitrogens with one attached hydrogen (secondary N) is 1. The molecular weight excluding hydrogens is 413 g/mol. The number of aliphatic imine (C=N–C) groups is 1. The van der Waals surface area contributed by atoms with Gasteiger partial charge in [0.2, 0.25) is 11.9 Å². The van der Waals surface area contributed by atoms with E-state index in [-0.39, 0.29) is 24.1 Å². The fourth-order valence-electron chi connectivity index (χ4n) is 3.51. The second-order valence-electron chi connectivity index (χ2n) is 7.78. The van der Waals surface area contributed by atoms with E-state index >= 15 is 0 Å². The van der Waals surface area contributed by atoms with E-state index in [1.165, 1.54) is 17.2 Å². The summed E-state index contributed by atoms with van der Waals surface area (Å²) in [6.45, 7) is 0.471. The highest BCUT2D eigenvalue weighted by molar-refractivity contribution is 6.00. The van der Waals surface area contributed by atoms with Crippen LogP contribution in [0.4, 0.5) is 10.1 Å². The first kappa shape index (κ1) is 23.1. The molecular formula is C23H26FN5O3. The van der Waals surface area contributed by atoms with Gasteiger partial charge in [-0.1, -0.05) is 6.08 Å². The summed E-state index contributed by atoms with van der Waals surface area (Å²) < 4.78 is 13.2. The van der Waals surface area contributed by atoms with Gasteiger partial charge in [0, 0.05) is 44.5 Å². The van der Waals surface area contributed by atoms with Crippen LogP contribution in [-0.2, 0) is 20.8 Å². The Bertz CT molecular complexity index is 1010. The number of hydrogen-bond donors (Lipinski definition) is 1. The van der Waals surface area contributed by atoms with Gasteiger partial charge in [0.05, 0.1) is 18.4 Å². The third-order valence-corrected chi connectivity index (χ3v) is 5.09. The largest absolute Gasteiger partial charge is 0.357 e. The molecule has 0 aliphatic carbocycles. The zero-order chi connectivity index (χ0) is 23.1. The Morgan fingerprint density at radius 1 is 1.28 bits per heavy atom. The van der Waals surface area contributed by atoms with Crippen LogP contribution in [-0.4, -0.2) is 66.3 Å². The lowest BCUT2D eigenvalue weighted by molar-refractivity contribution is -0.127. The molecule has 0 fully saturated rings. The van der Waals surface area contributed by atoms with Crippen molar-refractivity contribution in [3.05, 3.63) is 59.0 Å². The second kappa shape index (κ2) is 10.6. The minimum Gasteiger partial charge on any atom is -0.357 e. The predicted octanol–water partition coefficient (Wildman–Crippen LogP) is 2.41. The number of likely N-dealkylation sites (N-methyl/N-ethyl adjacent to an activating group) is 1. The van der Waals surface area contributed by atoms with Crippen LogP contribution in [0.3, 0.4) is 0 Å². The van der Waals surface area contributed by atoms with Crippen molar-refractivity contribution in [2.75, 3.05) is 32.5 Å². The molecule has 1 aromatic rings. The molecule has 9 heteroatoms. The number of halogens is 1. The highest BCUT2D eigenvalue weighted by atomic mass is 19.1. The summed E-state index contributed by atoms with van der Waals surface area (Å²) in [6, 6.07) is 3.52. The van der Waals surface area contributed by atoms with Gasteiger partial charge in [-0.2, -0.15) is 4.39 Å². The molecule has 0 aromatic carbocycles. The van der Waals surface area contributed by atoms with Crippen LogP contribution < -0.4 is 5.32 Å². The molecule has 2 aliphatic rings. The summed E-state index contributed by atoms with van der Waals surface area (Å²) in [4.78, 5) is 47.7. The average Bonchev–Trinajstić information content (AvgIpc) is 2.98. The number of rotatable bonds is 7. The molecule has 0 saturated heterocycles. The first-order chi connectivity index (χ1) is 15.4. The van der Waals surface area contributed by atoms with Crippen LogP contribution in [0.2, 0.25) is 0 Å². The van der Waals surface area contributed by atoms with Crippen LogP contribution in [0.25, 0.3) is 0 Å². The zero-order valence-electron chi connectivity index (χ0n) is 18.2. The van der Waals surface area contributed by atoms with Gasteiger partial charge in [0.25, 0.3) is 5.91 Å². The van der Waals surface area contributed by atoms with Gasteiger partial charge in [-0.05, 0) is 43.0 Å². The Labute approximate surface area is 186 Å². The average molecular weight is 439 g/mol. The van der Waals surface area contributed by atoms with Crippen LogP contribution in [0, 0.1) is 0 Å². The molecule has 0 atom stereocenters. The number of aldehydes is 1. The molecule has 0 radical (unpaired) electrons. The van der Waals surface area contributed by atoms with Crippen LogP contribution in [0.1, 0.15) is 25.0 Å². The minimum absolute atomic E-state index is 0.0457. The first-order valence-electron chi connectivity index (χ1n) is 10.4. The van der Waals surface area contributed by atoms with E-state index in [0.29, 0.717) is 49.8 Å². The van der Waals surface area contributed by atoms with E-state index in [1.807, 2.05) is 6.08 Å². The number of allylic oxidation sites excluding steroid dienone is 4. The predicted molar refractivity (Wildman–Crippen MR) is 120 cm³/mol. The maximum Gasteiger partial charge on any atom is 0.270 e. The number of aromatic nitrogens is 1. The maximum absolute atomic E-state index is 13.2. The lowest BCUT2D eigenvalue weighted by Crippen LogP contribution is -2.42. The summed E-state index contributed by atoms with van der Waals surface area (Å²) in [7, 11) is 3.23. The zero-order valence-corrected chi connectivity index (χ0v) is 18.2. The Hall–Kier alpha value is -3.62. The summed E-state index contributed by atoms with van der Waals surface area (Å²) in [5.41, 5.74) is 2.84. The molecule has 8 nitrogen and oxygen atoms in total. The molecule has 3 heterocycles. The van der Waals surface area contributed by atoms with E-state index in [0.717, 1.165) is 11.3 Å². The SMILES string of the molecule is CN(C)C(=O)C1=C(C=O)CCCN1CC(=O)Nc1ccc(CC2=CCC=C(F)N=C2)nc1. The Balaban J connectivity index is 1.62. The molecule has 0 bridgehead atoms. The molecule has 1 N–H and O–H groups in total. The van der Waals surface area contributed by atoms with Crippen LogP contribution in [0.5, 0.6) is 0 Å². The van der Waals surface area contributed by atoms with Gasteiger partial charge in [0.15, 0.2) is 0 Å². The van der Waals surface area contributed by atoms with Crippen molar-refractivity contribution < 1.29 is 18.8 Å². The fraction of sp³-hybridized carbons (Fsp3) is 0.348. The maximum atomic E-state index is 13.2. The Kier molecular flexibility index (Phi) is 7.64. The molecule has 3 rings (SSSR count). The summed E-state index contributed by atoms with van der Waals surface area (Å²) >= 11 is 0. The van der Waals surface area contributed by atoms with Crippen molar-refractivity contribution in [2.45, 2.75) is 25.7 Å². The van der Waals surface area contributed by atoms with Crippen molar-refractivity contribution >= 4 is 30.0 Å². The number of hydrogen-bond acceptors (Lipinski definition) is 6. The van der Waals surface area contributed by atoms with Gasteiger partial charge in [-0.3, -0.25) is 19.4 Å². The van der Waals surface area contributed by atoms with E-state index in [2.05, 4.69) is 15.3 Å². The van der Waals surface area contributed by atoms with Crippen LogP contribution >= 0.6 is 0 Å². The molecule has 0 unspecified atom stereocenters. The number of amides is 2. The van der Waals surface area contributed by atoms with Crippen molar-refractivity contribution in [2.24, 2.45) is 4.99 Å². The third-order valence-electron chi connectivity index (χ3n) is 5.09. The first-order valence-corrected chi connectivity index (χ1v) is 10.4. The van der Waals surface area contributed by atoms with Crippen molar-refractivity contribution in [1.29, 1.82) is 0 Å². The van der Waals surface area contributed by atoms with E-state index in [1.54, 1.807) is 37.3 Å². The van der Waals surface area contributed by atoms with Crippen molar-refractivity contribution in [3.63, 3.8) is 0 Å². The summed E-state index contributed by atoms with van der Waals surface area (Å²) in [5, 5.41) is 2.78. The number of anilines is 1. The van der Waals surface area contributed by atoms with Gasteiger partial charge < -0.3 is 15.1 Å². The normalized spacial score (nSPS) is 16.2. The van der Waals surface area contributed by atoms with E-state index in [9.17, 15) is 18.8 Å². The molecule has 2 aliphatic heterocycles. The van der Waals surface area contributed by atoms with Gasteiger partial charge >= 0.3 is 0 Å². The van der Waals surface area contributed by atoms with Gasteiger partial charge in [0.1, 0.15) is 12.0 Å². The second-order valence-corrected chi connectivity index (χ2v) is 7.78. The number of nitrogens with zero attached hydrogens (tertiary/aromatic N) is 4. The molecule has 32 heavy (non-hydrogen) atoms. The topological polar surface area (TPSA) is 95.0 Å². The highest BCUT2D eigenvalue weighted by Crippen LogP contribution is 2.22. The Morgan fingerprint density at radius 3 is 2.78 bits per heavy atom. The van der Waals surface area contributed by atoms with Crippen molar-refractivity contribution in [3.8, 4) is 0 Å². The smallest absolute Gasteiger partial charge is 0.270 e. The molecule has 0 saturated carbocycles. The number of pyridine rings is 1. The fourth-order valence-corrected chi connectivity index (χ4v) is 3.51. The van der Waals surface area contributed by atoms with Gasteiger partial charge in [-0.15, -0.1) is 0 Å². The minimum atomic E-state index is -0.499. The van der Waals surface area contributed by atoms with E-state index < -0.39 is 5.95 Å². The van der Waals surface area contributed by atoms with Crippen molar-refractivity contribution in [1.82, 2.24) is 14.8 Å². The lowest BCUT2D eigenvalue weighted by Gasteiger charge is -2.32. The highest BCUT2D eigenvalue weighted by Gasteiger charge is 2.28. The quantitative estimate of drug-likeness (QED) is 0.520. The van der Waals surface area contributed by atoms with E-state index in [4.69, 9.17) is 0 Å². The summed E-state index contributed by atoms with van der Waals surface area (Å²) in [6.07, 6.45) is 9.22. The standard InChI is InChI=1S/C23H26FN5O3/c1-28(2)23(32)22-17(15-30)6-4-10-29(22)14-21(31)27-19-9-8-18(25-13-19)11-16-5-3-7-20(24)26-12-16/h5,7-9,12-13,15H,3-4,6,10-11,14H2,1-2H3,(H,27,31). The number of carbonyl (C=O) groups excluding carboxylic acids is 3. The monoisotopic (exact) mass is 439 g/mol. The van der Waals surface area contributed by atoms with Gasteiger partial charge in [-0.25, -0.2) is 4.99 Å². The summed E-state index contributed by atoms with van der Waals surface area (Å²) in [5.74, 6) is -1.10. The van der Waals surface area contributed by atoms with Crippen LogP contribution in [0.15, 0.2) is 58.3 Å². The lowest BCUT2D eigenvalue weighted by atomic mass is 10.0.